The smallest absolute Gasteiger partial charge is 0.257 e. The molecule has 0 bridgehead atoms. The third-order valence-electron chi connectivity index (χ3n) is 2.54. The van der Waals surface area contributed by atoms with E-state index >= 15 is 0 Å². The second-order valence-corrected chi connectivity index (χ2v) is 4.31. The van der Waals surface area contributed by atoms with Crippen molar-refractivity contribution >= 4 is 28.9 Å². The van der Waals surface area contributed by atoms with Crippen LogP contribution in [0, 0.1) is 6.92 Å². The van der Waals surface area contributed by atoms with Crippen LogP contribution in [-0.4, -0.2) is 10.9 Å². The van der Waals surface area contributed by atoms with Crippen LogP contribution in [0.1, 0.15) is 15.9 Å². The van der Waals surface area contributed by atoms with Crippen molar-refractivity contribution in [3.8, 4) is 0 Å². The molecule has 1 heterocycles. The van der Waals surface area contributed by atoms with Gasteiger partial charge in [-0.05, 0) is 30.7 Å². The Morgan fingerprint density at radius 3 is 2.89 bits per heavy atom. The number of hydrogen-bond acceptors (Lipinski definition) is 3. The van der Waals surface area contributed by atoms with Gasteiger partial charge < -0.3 is 11.1 Å². The molecular formula is C13H12ClN3O. The molecule has 5 heteroatoms. The van der Waals surface area contributed by atoms with Gasteiger partial charge in [0.15, 0.2) is 0 Å². The summed E-state index contributed by atoms with van der Waals surface area (Å²) in [5.74, 6) is -0.278. The fourth-order valence-corrected chi connectivity index (χ4v) is 1.70. The number of nitrogen functional groups attached to an aromatic ring is 1. The molecule has 0 aliphatic heterocycles. The third kappa shape index (κ3) is 2.60. The van der Waals surface area contributed by atoms with Gasteiger partial charge in [-0.1, -0.05) is 17.7 Å². The summed E-state index contributed by atoms with van der Waals surface area (Å²) in [6.07, 6.45) is 2.97. The lowest BCUT2D eigenvalue weighted by Crippen LogP contribution is -2.14. The average molecular weight is 262 g/mol. The lowest BCUT2D eigenvalue weighted by atomic mass is 10.1. The predicted octanol–water partition coefficient (Wildman–Crippen LogP) is 2.88. The normalized spacial score (nSPS) is 10.1. The SMILES string of the molecule is Cc1ccc(Cl)cc1NC(=O)c1ccncc1N. The second kappa shape index (κ2) is 5.06. The van der Waals surface area contributed by atoms with Crippen LogP contribution in [0.25, 0.3) is 0 Å². The van der Waals surface area contributed by atoms with Crippen LogP contribution in [0.5, 0.6) is 0 Å². The van der Waals surface area contributed by atoms with Crippen molar-refractivity contribution in [1.82, 2.24) is 4.98 Å². The first-order chi connectivity index (χ1) is 8.58. The summed E-state index contributed by atoms with van der Waals surface area (Å²) in [6.45, 7) is 1.89. The standard InChI is InChI=1S/C13H12ClN3O/c1-8-2-3-9(14)6-12(8)17-13(18)10-4-5-16-7-11(10)15/h2-7H,15H2,1H3,(H,17,18). The van der Waals surface area contributed by atoms with Gasteiger partial charge in [0.1, 0.15) is 0 Å². The number of rotatable bonds is 2. The molecule has 0 fully saturated rings. The summed E-state index contributed by atoms with van der Waals surface area (Å²) < 4.78 is 0. The number of nitrogens with zero attached hydrogens (tertiary/aromatic N) is 1. The largest absolute Gasteiger partial charge is 0.397 e. The molecule has 0 saturated heterocycles. The van der Waals surface area contributed by atoms with Crippen LogP contribution in [0.4, 0.5) is 11.4 Å². The third-order valence-corrected chi connectivity index (χ3v) is 2.78. The maximum Gasteiger partial charge on any atom is 0.257 e. The molecule has 0 unspecified atom stereocenters. The van der Waals surface area contributed by atoms with E-state index < -0.39 is 0 Å². The van der Waals surface area contributed by atoms with E-state index in [0.29, 0.717) is 22.0 Å². The van der Waals surface area contributed by atoms with Gasteiger partial charge in [-0.3, -0.25) is 9.78 Å². The van der Waals surface area contributed by atoms with Gasteiger partial charge in [-0.25, -0.2) is 0 Å². The fraction of sp³-hybridized carbons (Fsp3) is 0.0769. The monoisotopic (exact) mass is 261 g/mol. The first-order valence-corrected chi connectivity index (χ1v) is 5.72. The Kier molecular flexibility index (Phi) is 3.48. The second-order valence-electron chi connectivity index (χ2n) is 3.88. The van der Waals surface area contributed by atoms with Gasteiger partial charge in [-0.15, -0.1) is 0 Å². The number of nitrogens with two attached hydrogens (primary N) is 1. The number of hydrogen-bond donors (Lipinski definition) is 2. The first-order valence-electron chi connectivity index (χ1n) is 5.35. The molecule has 18 heavy (non-hydrogen) atoms. The molecular weight excluding hydrogens is 250 g/mol. The molecule has 1 amide bonds. The van der Waals surface area contributed by atoms with Crippen LogP contribution >= 0.6 is 11.6 Å². The summed E-state index contributed by atoms with van der Waals surface area (Å²) in [5, 5.41) is 3.35. The molecule has 0 aliphatic carbocycles. The van der Waals surface area contributed by atoms with Crippen molar-refractivity contribution in [2.75, 3.05) is 11.1 Å². The van der Waals surface area contributed by atoms with E-state index in [4.69, 9.17) is 17.3 Å². The maximum atomic E-state index is 12.0. The highest BCUT2D eigenvalue weighted by Gasteiger charge is 2.10. The zero-order valence-corrected chi connectivity index (χ0v) is 10.5. The molecule has 92 valence electrons. The minimum Gasteiger partial charge on any atom is -0.397 e. The van der Waals surface area contributed by atoms with E-state index in [0.717, 1.165) is 5.56 Å². The Bertz CT molecular complexity index is 599. The highest BCUT2D eigenvalue weighted by molar-refractivity contribution is 6.31. The molecule has 0 saturated carbocycles. The van der Waals surface area contributed by atoms with Gasteiger partial charge in [0.25, 0.3) is 5.91 Å². The van der Waals surface area contributed by atoms with Crippen molar-refractivity contribution < 1.29 is 4.79 Å². The first kappa shape index (κ1) is 12.4. The van der Waals surface area contributed by atoms with E-state index in [9.17, 15) is 4.79 Å². The Morgan fingerprint density at radius 1 is 1.39 bits per heavy atom. The summed E-state index contributed by atoms with van der Waals surface area (Å²) >= 11 is 5.89. The quantitative estimate of drug-likeness (QED) is 0.873. The molecule has 0 radical (unpaired) electrons. The number of anilines is 2. The van der Waals surface area contributed by atoms with Crippen LogP contribution in [0.15, 0.2) is 36.7 Å². The summed E-state index contributed by atoms with van der Waals surface area (Å²) in [7, 11) is 0. The van der Waals surface area contributed by atoms with E-state index in [1.165, 1.54) is 12.4 Å². The highest BCUT2D eigenvalue weighted by atomic mass is 35.5. The molecule has 0 spiro atoms. The van der Waals surface area contributed by atoms with Crippen molar-refractivity contribution in [1.29, 1.82) is 0 Å². The molecule has 0 atom stereocenters. The molecule has 0 aliphatic rings. The molecule has 1 aromatic heterocycles. The molecule has 2 rings (SSSR count). The number of pyridine rings is 1. The highest BCUT2D eigenvalue weighted by Crippen LogP contribution is 2.21. The van der Waals surface area contributed by atoms with Gasteiger partial charge in [0.2, 0.25) is 0 Å². The van der Waals surface area contributed by atoms with Crippen LogP contribution in [-0.2, 0) is 0 Å². The lowest BCUT2D eigenvalue weighted by Gasteiger charge is -2.09. The zero-order chi connectivity index (χ0) is 13.1. The molecule has 2 aromatic rings. The number of halogens is 1. The average Bonchev–Trinajstić information content (AvgIpc) is 2.34. The predicted molar refractivity (Wildman–Crippen MR) is 72.8 cm³/mol. The molecule has 1 aromatic carbocycles. The van der Waals surface area contributed by atoms with Crippen molar-refractivity contribution in [2.24, 2.45) is 0 Å². The number of aromatic nitrogens is 1. The van der Waals surface area contributed by atoms with E-state index in [-0.39, 0.29) is 5.91 Å². The van der Waals surface area contributed by atoms with Gasteiger partial charge in [0, 0.05) is 16.9 Å². The van der Waals surface area contributed by atoms with Crippen molar-refractivity contribution in [3.05, 3.63) is 52.8 Å². The topological polar surface area (TPSA) is 68.0 Å². The van der Waals surface area contributed by atoms with E-state index in [1.54, 1.807) is 18.2 Å². The number of benzene rings is 1. The Hall–Kier alpha value is -2.07. The number of nitrogens with one attached hydrogen (secondary N) is 1. The summed E-state index contributed by atoms with van der Waals surface area (Å²) in [4.78, 5) is 15.9. The van der Waals surface area contributed by atoms with Crippen LogP contribution in [0.2, 0.25) is 5.02 Å². The fourth-order valence-electron chi connectivity index (χ4n) is 1.53. The minimum absolute atomic E-state index is 0.278. The number of aryl methyl sites for hydroxylation is 1. The Labute approximate surface area is 110 Å². The van der Waals surface area contributed by atoms with Gasteiger partial charge >= 0.3 is 0 Å². The molecule has 3 N–H and O–H groups in total. The maximum absolute atomic E-state index is 12.0. The summed E-state index contributed by atoms with van der Waals surface area (Å²) in [5.41, 5.74) is 8.03. The summed E-state index contributed by atoms with van der Waals surface area (Å²) in [6, 6.07) is 6.89. The van der Waals surface area contributed by atoms with E-state index in [1.807, 2.05) is 13.0 Å². The van der Waals surface area contributed by atoms with Gasteiger partial charge in [-0.2, -0.15) is 0 Å². The van der Waals surface area contributed by atoms with Crippen molar-refractivity contribution in [3.63, 3.8) is 0 Å². The van der Waals surface area contributed by atoms with Crippen molar-refractivity contribution in [2.45, 2.75) is 6.92 Å². The Morgan fingerprint density at radius 2 is 2.17 bits per heavy atom. The number of carbonyl (C=O) groups is 1. The van der Waals surface area contributed by atoms with Crippen LogP contribution < -0.4 is 11.1 Å². The number of amides is 1. The zero-order valence-electron chi connectivity index (χ0n) is 9.77. The minimum atomic E-state index is -0.278. The molecule has 4 nitrogen and oxygen atoms in total. The van der Waals surface area contributed by atoms with Gasteiger partial charge in [0.05, 0.1) is 17.4 Å². The Balaban J connectivity index is 2.27. The lowest BCUT2D eigenvalue weighted by molar-refractivity contribution is 0.102. The van der Waals surface area contributed by atoms with E-state index in [2.05, 4.69) is 10.3 Å². The number of carbonyl (C=O) groups excluding carboxylic acids is 1. The van der Waals surface area contributed by atoms with Crippen LogP contribution in [0.3, 0.4) is 0 Å².